The average Bonchev–Trinajstić information content (AvgIpc) is 2.30. The van der Waals surface area contributed by atoms with E-state index in [0.29, 0.717) is 5.92 Å². The van der Waals surface area contributed by atoms with Gasteiger partial charge in [0.25, 0.3) is 0 Å². The van der Waals surface area contributed by atoms with Gasteiger partial charge in [0, 0.05) is 12.6 Å². The van der Waals surface area contributed by atoms with Crippen LogP contribution in [-0.4, -0.2) is 47.6 Å². The zero-order valence-electron chi connectivity index (χ0n) is 10.4. The van der Waals surface area contributed by atoms with Crippen LogP contribution in [-0.2, 0) is 9.59 Å². The molecule has 3 fully saturated rings. The Morgan fingerprint density at radius 3 is 2.29 bits per heavy atom. The van der Waals surface area contributed by atoms with Crippen LogP contribution in [0, 0.1) is 11.3 Å². The molecule has 2 bridgehead atoms. The number of rotatable bonds is 3. The van der Waals surface area contributed by atoms with Gasteiger partial charge in [0.15, 0.2) is 0 Å². The van der Waals surface area contributed by atoms with Crippen LogP contribution in [0.4, 0.5) is 0 Å². The lowest BCUT2D eigenvalue weighted by molar-refractivity contribution is -0.154. The second kappa shape index (κ2) is 4.29. The zero-order valence-corrected chi connectivity index (χ0v) is 10.4. The summed E-state index contributed by atoms with van der Waals surface area (Å²) in [6, 6.07) is 0.128. The van der Waals surface area contributed by atoms with E-state index in [2.05, 4.69) is 10.2 Å². The summed E-state index contributed by atoms with van der Waals surface area (Å²) >= 11 is 0. The highest BCUT2D eigenvalue weighted by Gasteiger charge is 2.40. The van der Waals surface area contributed by atoms with Gasteiger partial charge in [-0.05, 0) is 45.7 Å². The van der Waals surface area contributed by atoms with Gasteiger partial charge in [-0.25, -0.2) is 0 Å². The van der Waals surface area contributed by atoms with Gasteiger partial charge in [-0.1, -0.05) is 0 Å². The van der Waals surface area contributed by atoms with Gasteiger partial charge in [0.05, 0.1) is 0 Å². The van der Waals surface area contributed by atoms with Gasteiger partial charge in [0.2, 0.25) is 5.91 Å². The van der Waals surface area contributed by atoms with E-state index in [4.69, 9.17) is 5.11 Å². The molecule has 3 heterocycles. The Morgan fingerprint density at radius 2 is 1.88 bits per heavy atom. The normalized spacial score (nSPS) is 32.2. The molecule has 0 aromatic rings. The summed E-state index contributed by atoms with van der Waals surface area (Å²) in [5, 5.41) is 11.9. The van der Waals surface area contributed by atoms with Gasteiger partial charge < -0.3 is 15.3 Å². The van der Waals surface area contributed by atoms with Crippen molar-refractivity contribution in [2.45, 2.75) is 32.7 Å². The zero-order chi connectivity index (χ0) is 12.6. The molecule has 5 heteroatoms. The van der Waals surface area contributed by atoms with Crippen LogP contribution in [0.25, 0.3) is 0 Å². The summed E-state index contributed by atoms with van der Waals surface area (Å²) in [5.41, 5.74) is -1.34. The number of fused-ring (bicyclic) bond motifs is 3. The van der Waals surface area contributed by atoms with Crippen molar-refractivity contribution < 1.29 is 14.7 Å². The lowest BCUT2D eigenvalue weighted by atomic mass is 9.83. The number of nitrogens with zero attached hydrogens (tertiary/aromatic N) is 1. The number of carbonyl (C=O) groups excluding carboxylic acids is 1. The first kappa shape index (κ1) is 12.4. The molecule has 3 aliphatic heterocycles. The Labute approximate surface area is 101 Å². The predicted molar refractivity (Wildman–Crippen MR) is 62.5 cm³/mol. The maximum Gasteiger partial charge on any atom is 0.318 e. The van der Waals surface area contributed by atoms with E-state index in [1.807, 2.05) is 0 Å². The Hall–Kier alpha value is -1.10. The minimum atomic E-state index is -1.34. The van der Waals surface area contributed by atoms with Crippen LogP contribution in [0.5, 0.6) is 0 Å². The van der Waals surface area contributed by atoms with Gasteiger partial charge >= 0.3 is 5.97 Å². The Balaban J connectivity index is 1.98. The third-order valence-corrected chi connectivity index (χ3v) is 4.07. The molecule has 1 atom stereocenters. The smallest absolute Gasteiger partial charge is 0.318 e. The molecular formula is C12H20N2O3. The summed E-state index contributed by atoms with van der Waals surface area (Å²) in [6.07, 6.45) is 2.22. The van der Waals surface area contributed by atoms with Gasteiger partial charge in [-0.2, -0.15) is 0 Å². The van der Waals surface area contributed by atoms with E-state index in [1.165, 1.54) is 13.8 Å². The van der Waals surface area contributed by atoms with Gasteiger partial charge in [-0.3, -0.25) is 9.59 Å². The monoisotopic (exact) mass is 240 g/mol. The lowest BCUT2D eigenvalue weighted by Gasteiger charge is -2.45. The topological polar surface area (TPSA) is 69.6 Å². The molecule has 5 nitrogen and oxygen atoms in total. The first-order valence-corrected chi connectivity index (χ1v) is 6.18. The fourth-order valence-corrected chi connectivity index (χ4v) is 2.57. The minimum Gasteiger partial charge on any atom is -0.480 e. The summed E-state index contributed by atoms with van der Waals surface area (Å²) < 4.78 is 0. The average molecular weight is 240 g/mol. The van der Waals surface area contributed by atoms with Crippen molar-refractivity contribution in [1.29, 1.82) is 0 Å². The second-order valence-corrected chi connectivity index (χ2v) is 5.65. The van der Waals surface area contributed by atoms with E-state index in [0.717, 1.165) is 32.5 Å². The summed E-state index contributed by atoms with van der Waals surface area (Å²) in [5.74, 6) is -0.923. The van der Waals surface area contributed by atoms with Gasteiger partial charge in [0.1, 0.15) is 5.41 Å². The number of piperidine rings is 3. The highest BCUT2D eigenvalue weighted by molar-refractivity contribution is 6.01. The highest BCUT2D eigenvalue weighted by atomic mass is 16.4. The van der Waals surface area contributed by atoms with Crippen LogP contribution in [0.3, 0.4) is 0 Å². The Morgan fingerprint density at radius 1 is 1.29 bits per heavy atom. The number of carboxylic acid groups (broad SMARTS) is 1. The molecule has 0 aromatic heterocycles. The fourth-order valence-electron chi connectivity index (χ4n) is 2.57. The van der Waals surface area contributed by atoms with Crippen molar-refractivity contribution in [3.05, 3.63) is 0 Å². The fraction of sp³-hybridized carbons (Fsp3) is 0.833. The van der Waals surface area contributed by atoms with Crippen LogP contribution in [0.2, 0.25) is 0 Å². The Kier molecular flexibility index (Phi) is 3.12. The molecule has 0 spiro atoms. The van der Waals surface area contributed by atoms with Crippen molar-refractivity contribution in [3.63, 3.8) is 0 Å². The summed E-state index contributed by atoms with van der Waals surface area (Å²) in [7, 11) is 0. The lowest BCUT2D eigenvalue weighted by Crippen LogP contribution is -2.59. The molecule has 1 amide bonds. The molecule has 0 aromatic carbocycles. The maximum absolute atomic E-state index is 11.9. The van der Waals surface area contributed by atoms with Crippen LogP contribution >= 0.6 is 0 Å². The van der Waals surface area contributed by atoms with E-state index >= 15 is 0 Å². The second-order valence-electron chi connectivity index (χ2n) is 5.65. The van der Waals surface area contributed by atoms with Crippen molar-refractivity contribution in [2.75, 3.05) is 19.6 Å². The van der Waals surface area contributed by atoms with Crippen LogP contribution in [0.1, 0.15) is 26.7 Å². The first-order valence-electron chi connectivity index (χ1n) is 6.18. The van der Waals surface area contributed by atoms with Crippen molar-refractivity contribution >= 4 is 11.9 Å². The first-order chi connectivity index (χ1) is 7.91. The summed E-state index contributed by atoms with van der Waals surface area (Å²) in [4.78, 5) is 25.3. The molecule has 3 saturated heterocycles. The van der Waals surface area contributed by atoms with Gasteiger partial charge in [-0.15, -0.1) is 0 Å². The maximum atomic E-state index is 11.9. The molecule has 1 unspecified atom stereocenters. The molecule has 3 rings (SSSR count). The molecule has 0 aliphatic carbocycles. The van der Waals surface area contributed by atoms with E-state index in [9.17, 15) is 9.59 Å². The van der Waals surface area contributed by atoms with Crippen molar-refractivity contribution in [1.82, 2.24) is 10.2 Å². The molecule has 96 valence electrons. The molecule has 2 N–H and O–H groups in total. The number of amides is 1. The molecule has 3 aliphatic rings. The number of carboxylic acids is 1. The largest absolute Gasteiger partial charge is 0.480 e. The molecular weight excluding hydrogens is 220 g/mol. The van der Waals surface area contributed by atoms with Crippen molar-refractivity contribution in [3.8, 4) is 0 Å². The summed E-state index contributed by atoms with van der Waals surface area (Å²) in [6.45, 7) is 5.99. The SMILES string of the molecule is CC(C)(C(=O)O)C(=O)NC1CN2CCC1CC2. The number of hydrogen-bond donors (Lipinski definition) is 2. The minimum absolute atomic E-state index is 0.128. The number of carbonyl (C=O) groups is 2. The quantitative estimate of drug-likeness (QED) is 0.696. The van der Waals surface area contributed by atoms with E-state index < -0.39 is 11.4 Å². The van der Waals surface area contributed by atoms with Crippen molar-refractivity contribution in [2.24, 2.45) is 11.3 Å². The number of nitrogens with one attached hydrogen (secondary N) is 1. The predicted octanol–water partition coefficient (Wildman–Crippen LogP) is 0.308. The standard InChI is InChI=1S/C12H20N2O3/c1-12(2,11(16)17)10(15)13-9-7-14-5-3-8(9)4-6-14/h8-9H,3-7H2,1-2H3,(H,13,15)(H,16,17). The van der Waals surface area contributed by atoms with E-state index in [-0.39, 0.29) is 11.9 Å². The third kappa shape index (κ3) is 2.29. The van der Waals surface area contributed by atoms with E-state index in [1.54, 1.807) is 0 Å². The molecule has 0 saturated carbocycles. The highest BCUT2D eigenvalue weighted by Crippen LogP contribution is 2.28. The van der Waals surface area contributed by atoms with Crippen LogP contribution < -0.4 is 5.32 Å². The van der Waals surface area contributed by atoms with Crippen LogP contribution in [0.15, 0.2) is 0 Å². The number of aliphatic carboxylic acids is 1. The number of hydrogen-bond acceptors (Lipinski definition) is 3. The molecule has 17 heavy (non-hydrogen) atoms. The third-order valence-electron chi connectivity index (χ3n) is 4.07. The molecule has 0 radical (unpaired) electrons. The Bertz CT molecular complexity index is 333.